The van der Waals surface area contributed by atoms with Crippen LogP contribution in [0, 0.1) is 23.7 Å². The first kappa shape index (κ1) is 8.93. The first-order chi connectivity index (χ1) is 7.78. The second-order valence-corrected chi connectivity index (χ2v) is 7.00. The summed E-state index contributed by atoms with van der Waals surface area (Å²) in [6.45, 7) is 2.41. The van der Waals surface area contributed by atoms with Crippen molar-refractivity contribution < 1.29 is 9.47 Å². The molecule has 8 atom stereocenters. The number of rotatable bonds is 0. The zero-order valence-corrected chi connectivity index (χ0v) is 9.89. The SMILES string of the molecule is CC1CCC2C3CC4OC4CC3C3OC23C1. The van der Waals surface area contributed by atoms with Gasteiger partial charge in [0, 0.05) is 0 Å². The molecule has 3 saturated carbocycles. The van der Waals surface area contributed by atoms with Crippen LogP contribution in [-0.4, -0.2) is 23.9 Å². The molecule has 5 rings (SSSR count). The Bertz CT molecular complexity index is 355. The molecular formula is C14H20O2. The van der Waals surface area contributed by atoms with Crippen LogP contribution in [-0.2, 0) is 9.47 Å². The summed E-state index contributed by atoms with van der Waals surface area (Å²) in [6.07, 6.45) is 8.79. The first-order valence-corrected chi connectivity index (χ1v) is 7.11. The number of ether oxygens (including phenoxy) is 2. The summed E-state index contributed by atoms with van der Waals surface area (Å²) in [5.74, 6) is 3.60. The largest absolute Gasteiger partial charge is 0.370 e. The standard InChI is InChI=1S/C14H20O2/c1-7-2-3-10-8-4-11-12(15-11)5-9(8)13-14(10,6-7)16-13/h7-13H,2-6H2,1H3. The summed E-state index contributed by atoms with van der Waals surface area (Å²) >= 11 is 0. The maximum atomic E-state index is 6.20. The Morgan fingerprint density at radius 1 is 1.06 bits per heavy atom. The Balaban J connectivity index is 1.50. The highest BCUT2D eigenvalue weighted by Gasteiger charge is 2.75. The van der Waals surface area contributed by atoms with E-state index in [-0.39, 0.29) is 0 Å². The van der Waals surface area contributed by atoms with Crippen molar-refractivity contribution in [1.29, 1.82) is 0 Å². The van der Waals surface area contributed by atoms with Crippen LogP contribution in [0.4, 0.5) is 0 Å². The summed E-state index contributed by atoms with van der Waals surface area (Å²) in [4.78, 5) is 0. The highest BCUT2D eigenvalue weighted by atomic mass is 16.6. The van der Waals surface area contributed by atoms with Gasteiger partial charge in [0.05, 0.1) is 23.9 Å². The second kappa shape index (κ2) is 2.51. The molecule has 0 aromatic heterocycles. The van der Waals surface area contributed by atoms with Gasteiger partial charge >= 0.3 is 0 Å². The Kier molecular flexibility index (Phi) is 1.40. The Morgan fingerprint density at radius 3 is 2.75 bits per heavy atom. The van der Waals surface area contributed by atoms with E-state index in [1.54, 1.807) is 0 Å². The van der Waals surface area contributed by atoms with Crippen molar-refractivity contribution in [3.63, 3.8) is 0 Å². The van der Waals surface area contributed by atoms with Gasteiger partial charge in [-0.05, 0) is 49.4 Å². The molecular weight excluding hydrogens is 200 g/mol. The average molecular weight is 220 g/mol. The maximum absolute atomic E-state index is 6.20. The van der Waals surface area contributed by atoms with Gasteiger partial charge < -0.3 is 9.47 Å². The lowest BCUT2D eigenvalue weighted by atomic mass is 9.70. The molecule has 1 spiro atoms. The molecule has 0 radical (unpaired) electrons. The molecule has 2 aliphatic heterocycles. The Morgan fingerprint density at radius 2 is 1.88 bits per heavy atom. The van der Waals surface area contributed by atoms with E-state index in [0.29, 0.717) is 23.9 Å². The fourth-order valence-corrected chi connectivity index (χ4v) is 5.49. The van der Waals surface area contributed by atoms with Crippen molar-refractivity contribution in [2.45, 2.75) is 62.9 Å². The van der Waals surface area contributed by atoms with E-state index in [2.05, 4.69) is 6.92 Å². The molecule has 0 aromatic carbocycles. The molecule has 2 saturated heterocycles. The topological polar surface area (TPSA) is 25.1 Å². The lowest BCUT2D eigenvalue weighted by Gasteiger charge is -2.36. The van der Waals surface area contributed by atoms with Crippen LogP contribution in [0.5, 0.6) is 0 Å². The normalized spacial score (nSPS) is 69.9. The van der Waals surface area contributed by atoms with Crippen molar-refractivity contribution in [3.8, 4) is 0 Å². The van der Waals surface area contributed by atoms with E-state index >= 15 is 0 Å². The number of fused-ring (bicyclic) bond motifs is 4. The fourth-order valence-electron chi connectivity index (χ4n) is 5.49. The summed E-state index contributed by atoms with van der Waals surface area (Å²) in [5, 5.41) is 0. The molecule has 2 heteroatoms. The molecule has 3 aliphatic carbocycles. The lowest BCUT2D eigenvalue weighted by molar-refractivity contribution is 0.0409. The summed E-state index contributed by atoms with van der Waals surface area (Å²) in [5.41, 5.74) is 0.365. The van der Waals surface area contributed by atoms with Gasteiger partial charge in [0.2, 0.25) is 0 Å². The summed E-state index contributed by atoms with van der Waals surface area (Å²) < 4.78 is 11.9. The first-order valence-electron chi connectivity index (χ1n) is 7.11. The van der Waals surface area contributed by atoms with Gasteiger partial charge in [-0.1, -0.05) is 13.3 Å². The van der Waals surface area contributed by atoms with E-state index < -0.39 is 0 Å². The Hall–Kier alpha value is -0.0800. The highest BCUT2D eigenvalue weighted by Crippen LogP contribution is 2.69. The molecule has 0 aromatic rings. The number of hydrogen-bond donors (Lipinski definition) is 0. The van der Waals surface area contributed by atoms with Crippen LogP contribution in [0.15, 0.2) is 0 Å². The third kappa shape index (κ3) is 0.896. The van der Waals surface area contributed by atoms with Crippen LogP contribution in [0.3, 0.4) is 0 Å². The third-order valence-corrected chi connectivity index (χ3v) is 6.19. The summed E-state index contributed by atoms with van der Waals surface area (Å²) in [7, 11) is 0. The van der Waals surface area contributed by atoms with Crippen LogP contribution in [0.25, 0.3) is 0 Å². The fraction of sp³-hybridized carbons (Fsp3) is 1.00. The Labute approximate surface area is 96.7 Å². The molecule has 2 heterocycles. The van der Waals surface area contributed by atoms with Gasteiger partial charge in [-0.15, -0.1) is 0 Å². The maximum Gasteiger partial charge on any atom is 0.0984 e. The molecule has 8 unspecified atom stereocenters. The molecule has 0 bridgehead atoms. The van der Waals surface area contributed by atoms with Gasteiger partial charge in [0.15, 0.2) is 0 Å². The van der Waals surface area contributed by atoms with Crippen LogP contribution in [0.2, 0.25) is 0 Å². The molecule has 5 fully saturated rings. The lowest BCUT2D eigenvalue weighted by Crippen LogP contribution is -2.35. The predicted octanol–water partition coefficient (Wildman–Crippen LogP) is 2.37. The molecule has 88 valence electrons. The van der Waals surface area contributed by atoms with Gasteiger partial charge in [0.1, 0.15) is 0 Å². The van der Waals surface area contributed by atoms with Crippen molar-refractivity contribution in [2.24, 2.45) is 23.7 Å². The molecule has 5 aliphatic rings. The van der Waals surface area contributed by atoms with E-state index in [1.807, 2.05) is 0 Å². The molecule has 16 heavy (non-hydrogen) atoms. The van der Waals surface area contributed by atoms with E-state index in [9.17, 15) is 0 Å². The third-order valence-electron chi connectivity index (χ3n) is 6.19. The van der Waals surface area contributed by atoms with Crippen molar-refractivity contribution in [1.82, 2.24) is 0 Å². The second-order valence-electron chi connectivity index (χ2n) is 7.00. The zero-order chi connectivity index (χ0) is 10.5. The summed E-state index contributed by atoms with van der Waals surface area (Å²) in [6, 6.07) is 0. The van der Waals surface area contributed by atoms with Crippen molar-refractivity contribution in [2.75, 3.05) is 0 Å². The highest BCUT2D eigenvalue weighted by molar-refractivity contribution is 5.23. The van der Waals surface area contributed by atoms with E-state index in [4.69, 9.17) is 9.47 Å². The van der Waals surface area contributed by atoms with Crippen molar-refractivity contribution >= 4 is 0 Å². The smallest absolute Gasteiger partial charge is 0.0984 e. The zero-order valence-electron chi connectivity index (χ0n) is 9.89. The van der Waals surface area contributed by atoms with Gasteiger partial charge in [-0.3, -0.25) is 0 Å². The van der Waals surface area contributed by atoms with Gasteiger partial charge in [-0.2, -0.15) is 0 Å². The minimum absolute atomic E-state index is 0.365. The van der Waals surface area contributed by atoms with E-state index in [1.165, 1.54) is 32.1 Å². The molecule has 2 nitrogen and oxygen atoms in total. The van der Waals surface area contributed by atoms with Gasteiger partial charge in [0.25, 0.3) is 0 Å². The quantitative estimate of drug-likeness (QED) is 0.585. The minimum atomic E-state index is 0.365. The van der Waals surface area contributed by atoms with Crippen LogP contribution < -0.4 is 0 Å². The van der Waals surface area contributed by atoms with E-state index in [0.717, 1.165) is 23.7 Å². The molecule has 0 N–H and O–H groups in total. The number of hydrogen-bond acceptors (Lipinski definition) is 2. The van der Waals surface area contributed by atoms with Gasteiger partial charge in [-0.25, -0.2) is 0 Å². The number of epoxide rings is 2. The minimum Gasteiger partial charge on any atom is -0.370 e. The average Bonchev–Trinajstić information content (AvgIpc) is 3.12. The predicted molar refractivity (Wildman–Crippen MR) is 59.0 cm³/mol. The van der Waals surface area contributed by atoms with Crippen molar-refractivity contribution in [3.05, 3.63) is 0 Å². The molecule has 0 amide bonds. The van der Waals surface area contributed by atoms with Crippen LogP contribution in [0.1, 0.15) is 39.0 Å². The monoisotopic (exact) mass is 220 g/mol. The van der Waals surface area contributed by atoms with Crippen LogP contribution >= 0.6 is 0 Å².